The molecule has 0 aromatic carbocycles. The van der Waals surface area contributed by atoms with Gasteiger partial charge in [-0.15, -0.1) is 0 Å². The lowest BCUT2D eigenvalue weighted by Crippen LogP contribution is -2.20. The van der Waals surface area contributed by atoms with E-state index in [-0.39, 0.29) is 12.0 Å². The third kappa shape index (κ3) is 3.60. The minimum absolute atomic E-state index is 0.153. The monoisotopic (exact) mass is 262 g/mol. The molecule has 0 fully saturated rings. The number of nitrogens with one attached hydrogen (secondary N) is 1. The molecule has 8 heteroatoms. The van der Waals surface area contributed by atoms with E-state index in [1.54, 1.807) is 0 Å². The Hall–Kier alpha value is -2.25. The summed E-state index contributed by atoms with van der Waals surface area (Å²) in [6.07, 6.45) is 3.94. The van der Waals surface area contributed by atoms with Crippen molar-refractivity contribution in [2.75, 3.05) is 11.1 Å². The first-order valence-corrected chi connectivity index (χ1v) is 6.17. The van der Waals surface area contributed by atoms with Gasteiger partial charge < -0.3 is 11.1 Å². The maximum Gasteiger partial charge on any atom is 0.258 e. The molecular formula is C11H18N8. The van der Waals surface area contributed by atoms with E-state index in [1.165, 1.54) is 17.3 Å². The number of nitrogen functional groups attached to an aromatic ring is 1. The molecule has 0 radical (unpaired) electrons. The topological polar surface area (TPSA) is 107 Å². The largest absolute Gasteiger partial charge is 0.368 e. The Kier molecular flexibility index (Phi) is 3.88. The standard InChI is InChI=1S/C11H18N8/c1-7(2)4-8(3)15-10-16-9(12)17-11(18-10)19-6-13-5-14-19/h5-8H,4H2,1-3H3,(H3,12,15,16,17,18). The summed E-state index contributed by atoms with van der Waals surface area (Å²) in [5.41, 5.74) is 5.68. The van der Waals surface area contributed by atoms with Crippen LogP contribution in [-0.2, 0) is 0 Å². The average Bonchev–Trinajstić information content (AvgIpc) is 2.79. The second kappa shape index (κ2) is 5.59. The molecule has 8 nitrogen and oxygen atoms in total. The van der Waals surface area contributed by atoms with Crippen LogP contribution in [0, 0.1) is 5.92 Å². The van der Waals surface area contributed by atoms with Crippen LogP contribution in [-0.4, -0.2) is 35.8 Å². The molecule has 3 N–H and O–H groups in total. The van der Waals surface area contributed by atoms with Gasteiger partial charge in [-0.1, -0.05) is 13.8 Å². The van der Waals surface area contributed by atoms with Gasteiger partial charge in [0.2, 0.25) is 11.9 Å². The van der Waals surface area contributed by atoms with Crippen LogP contribution in [0.2, 0.25) is 0 Å². The lowest BCUT2D eigenvalue weighted by atomic mass is 10.1. The van der Waals surface area contributed by atoms with Crippen molar-refractivity contribution in [1.82, 2.24) is 29.7 Å². The normalized spacial score (nSPS) is 12.6. The highest BCUT2D eigenvalue weighted by molar-refractivity contribution is 5.35. The van der Waals surface area contributed by atoms with E-state index in [0.29, 0.717) is 17.8 Å². The molecule has 0 amide bonds. The molecule has 0 aliphatic carbocycles. The predicted octanol–water partition coefficient (Wildman–Crippen LogP) is 0.881. The molecule has 2 aromatic heterocycles. The summed E-state index contributed by atoms with van der Waals surface area (Å²) in [7, 11) is 0. The van der Waals surface area contributed by atoms with Crippen molar-refractivity contribution >= 4 is 11.9 Å². The third-order valence-electron chi connectivity index (χ3n) is 2.47. The molecule has 1 unspecified atom stereocenters. The van der Waals surface area contributed by atoms with Crippen molar-refractivity contribution < 1.29 is 0 Å². The summed E-state index contributed by atoms with van der Waals surface area (Å²) in [5.74, 6) is 1.55. The number of hydrogen-bond acceptors (Lipinski definition) is 7. The van der Waals surface area contributed by atoms with Crippen molar-refractivity contribution in [2.45, 2.75) is 33.2 Å². The van der Waals surface area contributed by atoms with E-state index >= 15 is 0 Å². The Morgan fingerprint density at radius 1 is 1.26 bits per heavy atom. The van der Waals surface area contributed by atoms with Crippen molar-refractivity contribution in [1.29, 1.82) is 0 Å². The first-order chi connectivity index (χ1) is 9.04. The van der Waals surface area contributed by atoms with Crippen LogP contribution in [0.5, 0.6) is 0 Å². The number of nitrogens with two attached hydrogens (primary N) is 1. The van der Waals surface area contributed by atoms with Crippen LogP contribution in [0.1, 0.15) is 27.2 Å². The van der Waals surface area contributed by atoms with E-state index in [9.17, 15) is 0 Å². The van der Waals surface area contributed by atoms with Gasteiger partial charge in [0.15, 0.2) is 0 Å². The van der Waals surface area contributed by atoms with Gasteiger partial charge >= 0.3 is 0 Å². The van der Waals surface area contributed by atoms with Crippen molar-refractivity contribution in [2.24, 2.45) is 5.92 Å². The highest BCUT2D eigenvalue weighted by Crippen LogP contribution is 2.11. The summed E-state index contributed by atoms with van der Waals surface area (Å²) in [4.78, 5) is 16.2. The van der Waals surface area contributed by atoms with Crippen molar-refractivity contribution in [3.63, 3.8) is 0 Å². The van der Waals surface area contributed by atoms with Crippen LogP contribution < -0.4 is 11.1 Å². The molecule has 19 heavy (non-hydrogen) atoms. The average molecular weight is 262 g/mol. The highest BCUT2D eigenvalue weighted by atomic mass is 15.4. The smallest absolute Gasteiger partial charge is 0.258 e. The quantitative estimate of drug-likeness (QED) is 0.823. The van der Waals surface area contributed by atoms with Crippen molar-refractivity contribution in [3.05, 3.63) is 12.7 Å². The molecule has 0 aliphatic rings. The summed E-state index contributed by atoms with van der Waals surface area (Å²) in [6, 6.07) is 0.255. The molecule has 0 saturated carbocycles. The van der Waals surface area contributed by atoms with Crippen LogP contribution in [0.3, 0.4) is 0 Å². The molecule has 2 heterocycles. The van der Waals surface area contributed by atoms with Gasteiger partial charge in [0.25, 0.3) is 5.95 Å². The summed E-state index contributed by atoms with van der Waals surface area (Å²) >= 11 is 0. The third-order valence-corrected chi connectivity index (χ3v) is 2.47. The number of nitrogens with zero attached hydrogens (tertiary/aromatic N) is 6. The van der Waals surface area contributed by atoms with E-state index in [4.69, 9.17) is 5.73 Å². The Morgan fingerprint density at radius 2 is 2.05 bits per heavy atom. The van der Waals surface area contributed by atoms with E-state index in [0.717, 1.165) is 6.42 Å². The van der Waals surface area contributed by atoms with Crippen LogP contribution in [0.4, 0.5) is 11.9 Å². The fourth-order valence-electron chi connectivity index (χ4n) is 1.85. The van der Waals surface area contributed by atoms with E-state index in [2.05, 4.69) is 51.1 Å². The van der Waals surface area contributed by atoms with Gasteiger partial charge in [0.1, 0.15) is 12.7 Å². The van der Waals surface area contributed by atoms with Gasteiger partial charge in [0.05, 0.1) is 0 Å². The molecule has 1 atom stereocenters. The van der Waals surface area contributed by atoms with E-state index in [1.807, 2.05) is 0 Å². The zero-order chi connectivity index (χ0) is 13.8. The first kappa shape index (κ1) is 13.2. The van der Waals surface area contributed by atoms with Crippen LogP contribution >= 0.6 is 0 Å². The second-order valence-corrected chi connectivity index (χ2v) is 4.83. The van der Waals surface area contributed by atoms with Gasteiger partial charge in [-0.2, -0.15) is 24.7 Å². The van der Waals surface area contributed by atoms with Crippen LogP contribution in [0.25, 0.3) is 5.95 Å². The summed E-state index contributed by atoms with van der Waals surface area (Å²) in [5, 5.41) is 7.18. The lowest BCUT2D eigenvalue weighted by Gasteiger charge is -2.16. The van der Waals surface area contributed by atoms with Gasteiger partial charge in [-0.3, -0.25) is 0 Å². The minimum atomic E-state index is 0.153. The fourth-order valence-corrected chi connectivity index (χ4v) is 1.85. The number of rotatable bonds is 5. The second-order valence-electron chi connectivity index (χ2n) is 4.83. The molecular weight excluding hydrogens is 244 g/mol. The minimum Gasteiger partial charge on any atom is -0.368 e. The zero-order valence-corrected chi connectivity index (χ0v) is 11.3. The molecule has 0 saturated heterocycles. The first-order valence-electron chi connectivity index (χ1n) is 6.17. The number of aromatic nitrogens is 6. The number of hydrogen-bond donors (Lipinski definition) is 2. The SMILES string of the molecule is CC(C)CC(C)Nc1nc(N)nc(-n2cncn2)n1. The predicted molar refractivity (Wildman–Crippen MR) is 71.7 cm³/mol. The molecule has 2 aromatic rings. The molecule has 0 spiro atoms. The molecule has 102 valence electrons. The lowest BCUT2D eigenvalue weighted by molar-refractivity contribution is 0.537. The molecule has 0 bridgehead atoms. The van der Waals surface area contributed by atoms with Gasteiger partial charge in [0, 0.05) is 6.04 Å². The zero-order valence-electron chi connectivity index (χ0n) is 11.3. The molecule has 2 rings (SSSR count). The number of anilines is 2. The summed E-state index contributed by atoms with van der Waals surface area (Å²) in [6.45, 7) is 6.41. The Morgan fingerprint density at radius 3 is 2.68 bits per heavy atom. The van der Waals surface area contributed by atoms with E-state index < -0.39 is 0 Å². The summed E-state index contributed by atoms with van der Waals surface area (Å²) < 4.78 is 1.44. The van der Waals surface area contributed by atoms with Gasteiger partial charge in [-0.05, 0) is 19.3 Å². The Bertz CT molecular complexity index is 521. The molecule has 0 aliphatic heterocycles. The highest BCUT2D eigenvalue weighted by Gasteiger charge is 2.10. The van der Waals surface area contributed by atoms with Gasteiger partial charge in [-0.25, -0.2) is 4.98 Å². The van der Waals surface area contributed by atoms with Crippen molar-refractivity contribution in [3.8, 4) is 5.95 Å². The van der Waals surface area contributed by atoms with Crippen LogP contribution in [0.15, 0.2) is 12.7 Å². The Labute approximate surface area is 111 Å². The Balaban J connectivity index is 2.18. The fraction of sp³-hybridized carbons (Fsp3) is 0.545. The maximum absolute atomic E-state index is 5.68. The maximum atomic E-state index is 5.68.